The van der Waals surface area contributed by atoms with Crippen molar-refractivity contribution >= 4 is 18.0 Å². The molecule has 0 fully saturated rings. The van der Waals surface area contributed by atoms with Gasteiger partial charge in [0.05, 0.1) is 6.04 Å². The summed E-state index contributed by atoms with van der Waals surface area (Å²) < 4.78 is 5.08. The van der Waals surface area contributed by atoms with Crippen LogP contribution in [-0.4, -0.2) is 50.2 Å². The SMILES string of the molecule is CC(C)(C)N([C@@H](CCC(=O)O)C(=O)NC(=O)OCc1ccc(O)cc1)C(C)(C)C. The number of carbonyl (C=O) groups is 3. The molecule has 3 N–H and O–H groups in total. The molecule has 0 saturated carbocycles. The Morgan fingerprint density at radius 1 is 1.03 bits per heavy atom. The molecule has 0 aromatic heterocycles. The van der Waals surface area contributed by atoms with E-state index in [1.54, 1.807) is 12.1 Å². The Morgan fingerprint density at radius 3 is 2.00 bits per heavy atom. The van der Waals surface area contributed by atoms with E-state index in [0.717, 1.165) is 0 Å². The topological polar surface area (TPSA) is 116 Å². The fraction of sp³-hybridized carbons (Fsp3) is 0.571. The van der Waals surface area contributed by atoms with Crippen molar-refractivity contribution in [2.45, 2.75) is 78.1 Å². The number of benzene rings is 1. The van der Waals surface area contributed by atoms with E-state index in [2.05, 4.69) is 5.32 Å². The van der Waals surface area contributed by atoms with Gasteiger partial charge >= 0.3 is 12.1 Å². The summed E-state index contributed by atoms with van der Waals surface area (Å²) in [5.41, 5.74) is -0.248. The third-order valence-corrected chi connectivity index (χ3v) is 4.22. The first kappa shape index (κ1) is 24.4. The zero-order valence-corrected chi connectivity index (χ0v) is 18.0. The van der Waals surface area contributed by atoms with Crippen LogP contribution < -0.4 is 5.32 Å². The molecule has 1 aromatic rings. The number of amides is 2. The van der Waals surface area contributed by atoms with E-state index in [4.69, 9.17) is 9.84 Å². The van der Waals surface area contributed by atoms with E-state index in [1.807, 2.05) is 46.4 Å². The second-order valence-corrected chi connectivity index (χ2v) is 8.89. The van der Waals surface area contributed by atoms with Gasteiger partial charge in [0.15, 0.2) is 0 Å². The Kier molecular flexibility index (Phi) is 8.20. The van der Waals surface area contributed by atoms with Crippen molar-refractivity contribution in [1.29, 1.82) is 0 Å². The maximum atomic E-state index is 12.9. The molecule has 29 heavy (non-hydrogen) atoms. The predicted molar refractivity (Wildman–Crippen MR) is 108 cm³/mol. The number of carbonyl (C=O) groups excluding carboxylic acids is 2. The van der Waals surface area contributed by atoms with E-state index in [0.29, 0.717) is 5.56 Å². The van der Waals surface area contributed by atoms with Crippen LogP contribution in [0.25, 0.3) is 0 Å². The fourth-order valence-corrected chi connectivity index (χ4v) is 3.54. The summed E-state index contributed by atoms with van der Waals surface area (Å²) in [5.74, 6) is -1.52. The molecule has 1 aromatic carbocycles. The molecule has 0 radical (unpaired) electrons. The minimum absolute atomic E-state index is 0.0565. The smallest absolute Gasteiger partial charge is 0.414 e. The molecular formula is C21H32N2O6. The van der Waals surface area contributed by atoms with Gasteiger partial charge in [0, 0.05) is 17.5 Å². The highest BCUT2D eigenvalue weighted by atomic mass is 16.5. The quantitative estimate of drug-likeness (QED) is 0.634. The highest BCUT2D eigenvalue weighted by Crippen LogP contribution is 2.29. The number of phenols is 1. The largest absolute Gasteiger partial charge is 0.508 e. The van der Waals surface area contributed by atoms with E-state index < -0.39 is 35.1 Å². The molecule has 0 unspecified atom stereocenters. The molecule has 0 aliphatic heterocycles. The predicted octanol–water partition coefficient (Wildman–Crippen LogP) is 3.28. The number of nitrogens with zero attached hydrogens (tertiary/aromatic N) is 1. The minimum Gasteiger partial charge on any atom is -0.508 e. The number of rotatable bonds is 7. The van der Waals surface area contributed by atoms with Crippen molar-refractivity contribution in [3.05, 3.63) is 29.8 Å². The van der Waals surface area contributed by atoms with Crippen LogP contribution in [0, 0.1) is 0 Å². The molecule has 0 aliphatic carbocycles. The third kappa shape index (κ3) is 8.11. The van der Waals surface area contributed by atoms with Crippen molar-refractivity contribution in [2.24, 2.45) is 0 Å². The summed E-state index contributed by atoms with van der Waals surface area (Å²) in [4.78, 5) is 38.0. The number of ether oxygens (including phenoxy) is 1. The van der Waals surface area contributed by atoms with Crippen LogP contribution >= 0.6 is 0 Å². The molecule has 8 nitrogen and oxygen atoms in total. The van der Waals surface area contributed by atoms with E-state index in [9.17, 15) is 19.5 Å². The molecular weight excluding hydrogens is 376 g/mol. The lowest BCUT2D eigenvalue weighted by atomic mass is 9.91. The lowest BCUT2D eigenvalue weighted by molar-refractivity contribution is -0.139. The standard InChI is InChI=1S/C21H32N2O6/c1-20(2,3)23(21(4,5)6)16(11-12-17(25)26)18(27)22-19(28)29-13-14-7-9-15(24)10-8-14/h7-10,16,24H,11-13H2,1-6H3,(H,25,26)(H,22,27,28)/t16-/m0/s1. The number of hydrogen-bond acceptors (Lipinski definition) is 6. The van der Waals surface area contributed by atoms with Crippen LogP contribution in [0.15, 0.2) is 24.3 Å². The number of nitrogens with one attached hydrogen (secondary N) is 1. The van der Waals surface area contributed by atoms with Crippen molar-refractivity contribution in [3.63, 3.8) is 0 Å². The first-order valence-electron chi connectivity index (χ1n) is 9.48. The van der Waals surface area contributed by atoms with Gasteiger partial charge in [-0.05, 0) is 65.7 Å². The zero-order valence-electron chi connectivity index (χ0n) is 18.0. The number of hydrogen-bond donors (Lipinski definition) is 3. The second-order valence-electron chi connectivity index (χ2n) is 8.89. The van der Waals surface area contributed by atoms with Gasteiger partial charge in [-0.1, -0.05) is 12.1 Å². The van der Waals surface area contributed by atoms with Crippen LogP contribution in [0.3, 0.4) is 0 Å². The number of imide groups is 1. The average molecular weight is 408 g/mol. The molecule has 1 rings (SSSR count). The van der Waals surface area contributed by atoms with Crippen LogP contribution in [0.4, 0.5) is 4.79 Å². The van der Waals surface area contributed by atoms with Crippen LogP contribution in [0.1, 0.15) is 59.9 Å². The summed E-state index contributed by atoms with van der Waals surface area (Å²) in [7, 11) is 0. The second kappa shape index (κ2) is 9.73. The molecule has 162 valence electrons. The monoisotopic (exact) mass is 408 g/mol. The fourth-order valence-electron chi connectivity index (χ4n) is 3.54. The van der Waals surface area contributed by atoms with Crippen molar-refractivity contribution < 1.29 is 29.3 Å². The highest BCUT2D eigenvalue weighted by Gasteiger charge is 2.41. The summed E-state index contributed by atoms with van der Waals surface area (Å²) in [5, 5.41) is 20.6. The summed E-state index contributed by atoms with van der Waals surface area (Å²) >= 11 is 0. The van der Waals surface area contributed by atoms with E-state index >= 15 is 0 Å². The van der Waals surface area contributed by atoms with Gasteiger partial charge in [0.1, 0.15) is 12.4 Å². The van der Waals surface area contributed by atoms with E-state index in [1.165, 1.54) is 12.1 Å². The number of alkyl carbamates (subject to hydrolysis) is 1. The normalized spacial score (nSPS) is 13.1. The summed E-state index contributed by atoms with van der Waals surface area (Å²) in [6, 6.07) is 5.30. The molecule has 0 aliphatic rings. The summed E-state index contributed by atoms with van der Waals surface area (Å²) in [6.07, 6.45) is -1.06. The van der Waals surface area contributed by atoms with Gasteiger partial charge < -0.3 is 14.9 Å². The lowest BCUT2D eigenvalue weighted by Crippen LogP contribution is -2.62. The van der Waals surface area contributed by atoms with Crippen molar-refractivity contribution in [1.82, 2.24) is 10.2 Å². The minimum atomic E-state index is -1.01. The molecule has 0 heterocycles. The van der Waals surface area contributed by atoms with Gasteiger partial charge in [0.2, 0.25) is 5.91 Å². The van der Waals surface area contributed by atoms with Gasteiger partial charge in [-0.25, -0.2) is 4.79 Å². The van der Waals surface area contributed by atoms with Crippen molar-refractivity contribution in [3.8, 4) is 5.75 Å². The lowest BCUT2D eigenvalue weighted by Gasteiger charge is -2.49. The molecule has 1 atom stereocenters. The molecule has 2 amide bonds. The van der Waals surface area contributed by atoms with Gasteiger partial charge in [0.25, 0.3) is 0 Å². The molecule has 8 heteroatoms. The number of aliphatic carboxylic acids is 1. The number of carboxylic acids is 1. The summed E-state index contributed by atoms with van der Waals surface area (Å²) in [6.45, 7) is 11.5. The molecule has 0 bridgehead atoms. The van der Waals surface area contributed by atoms with Crippen LogP contribution in [0.2, 0.25) is 0 Å². The Morgan fingerprint density at radius 2 is 1.55 bits per heavy atom. The first-order valence-corrected chi connectivity index (χ1v) is 9.48. The Labute approximate surface area is 171 Å². The third-order valence-electron chi connectivity index (χ3n) is 4.22. The van der Waals surface area contributed by atoms with Gasteiger partial charge in [-0.15, -0.1) is 0 Å². The van der Waals surface area contributed by atoms with E-state index in [-0.39, 0.29) is 25.2 Å². The maximum absolute atomic E-state index is 12.9. The Hall–Kier alpha value is -2.61. The zero-order chi connectivity index (χ0) is 22.4. The van der Waals surface area contributed by atoms with Crippen LogP contribution in [0.5, 0.6) is 5.75 Å². The van der Waals surface area contributed by atoms with Gasteiger partial charge in [-0.3, -0.25) is 19.8 Å². The first-order chi connectivity index (χ1) is 13.2. The van der Waals surface area contributed by atoms with Crippen molar-refractivity contribution in [2.75, 3.05) is 0 Å². The average Bonchev–Trinajstić information content (AvgIpc) is 2.55. The highest BCUT2D eigenvalue weighted by molar-refractivity contribution is 5.95. The number of carboxylic acid groups (broad SMARTS) is 1. The maximum Gasteiger partial charge on any atom is 0.414 e. The Balaban J connectivity index is 2.90. The van der Waals surface area contributed by atoms with Crippen LogP contribution in [-0.2, 0) is 20.9 Å². The van der Waals surface area contributed by atoms with Gasteiger partial charge in [-0.2, -0.15) is 0 Å². The number of aromatic hydroxyl groups is 1. The molecule has 0 spiro atoms. The molecule has 0 saturated heterocycles. The Bertz CT molecular complexity index is 702. The number of phenolic OH excluding ortho intramolecular Hbond substituents is 1.